The molecule has 0 heterocycles. The summed E-state index contributed by atoms with van der Waals surface area (Å²) in [4.78, 5) is 27.7. The van der Waals surface area contributed by atoms with Crippen molar-refractivity contribution in [2.75, 3.05) is 17.9 Å². The molecule has 1 atom stereocenters. The molecule has 2 amide bonds. The Morgan fingerprint density at radius 3 is 2.21 bits per heavy atom. The van der Waals surface area contributed by atoms with Crippen molar-refractivity contribution in [3.8, 4) is 5.75 Å². The molecule has 0 aliphatic heterocycles. The Hall–Kier alpha value is -4.25. The summed E-state index contributed by atoms with van der Waals surface area (Å²) in [5.74, 6) is -1.44. The third-order valence-electron chi connectivity index (χ3n) is 7.16. The predicted octanol–water partition coefficient (Wildman–Crippen LogP) is 5.57. The lowest BCUT2D eigenvalue weighted by atomic mass is 9.97. The molecule has 0 aromatic heterocycles. The zero-order valence-corrected chi connectivity index (χ0v) is 24.7. The lowest BCUT2D eigenvalue weighted by molar-refractivity contribution is -0.142. The molecule has 0 unspecified atom stereocenters. The van der Waals surface area contributed by atoms with Crippen molar-refractivity contribution in [2.24, 2.45) is 0 Å². The Morgan fingerprint density at radius 2 is 1.58 bits per heavy atom. The van der Waals surface area contributed by atoms with E-state index in [9.17, 15) is 26.8 Å². The van der Waals surface area contributed by atoms with Crippen LogP contribution in [0, 0.1) is 11.6 Å². The minimum Gasteiger partial charge on any atom is -0.484 e. The fourth-order valence-corrected chi connectivity index (χ4v) is 5.73. The smallest absolute Gasteiger partial charge is 0.261 e. The number of benzene rings is 3. The van der Waals surface area contributed by atoms with E-state index >= 15 is 0 Å². The molecule has 0 saturated carbocycles. The van der Waals surface area contributed by atoms with E-state index in [0.29, 0.717) is 12.1 Å². The van der Waals surface area contributed by atoms with Crippen molar-refractivity contribution in [2.45, 2.75) is 56.5 Å². The van der Waals surface area contributed by atoms with E-state index in [2.05, 4.69) is 16.1 Å². The average molecular weight is 612 g/mol. The lowest BCUT2D eigenvalue weighted by Gasteiger charge is -2.29. The van der Waals surface area contributed by atoms with Gasteiger partial charge >= 0.3 is 0 Å². The molecule has 4 rings (SSSR count). The number of hydrogen-bond acceptors (Lipinski definition) is 5. The highest BCUT2D eigenvalue weighted by Crippen LogP contribution is 2.21. The number of carbonyl (C=O) groups is 2. The molecule has 0 fully saturated rings. The molecule has 2 N–H and O–H groups in total. The monoisotopic (exact) mass is 611 g/mol. The van der Waals surface area contributed by atoms with Crippen molar-refractivity contribution < 1.29 is 31.5 Å². The fraction of sp³-hybridized carbons (Fsp3) is 0.312. The molecule has 228 valence electrons. The third kappa shape index (κ3) is 9.37. The number of amides is 2. The SMILES string of the molecule is C[C@H](C(=O)NCCC1=CCCCC1)N(Cc1ccc(F)cc1)C(=O)COc1ccc(S(=O)(=O)Nc2ccc(F)cc2)cc1. The second-order valence-electron chi connectivity index (χ2n) is 10.3. The first-order valence-electron chi connectivity index (χ1n) is 14.1. The van der Waals surface area contributed by atoms with Crippen LogP contribution in [0.5, 0.6) is 5.75 Å². The largest absolute Gasteiger partial charge is 0.484 e. The quantitative estimate of drug-likeness (QED) is 0.246. The highest BCUT2D eigenvalue weighted by molar-refractivity contribution is 7.92. The van der Waals surface area contributed by atoms with Crippen LogP contribution >= 0.6 is 0 Å². The van der Waals surface area contributed by atoms with Crippen LogP contribution < -0.4 is 14.8 Å². The van der Waals surface area contributed by atoms with Crippen LogP contribution in [0.25, 0.3) is 0 Å². The molecule has 11 heteroatoms. The van der Waals surface area contributed by atoms with E-state index in [0.717, 1.165) is 37.8 Å². The standard InChI is InChI=1S/C32H35F2N3O5S/c1-23(32(39)35-20-19-24-5-3-2-4-6-24)37(21-25-7-9-26(33)10-8-25)31(38)22-42-29-15-17-30(18-16-29)43(40,41)36-28-13-11-27(34)12-14-28/h5,7-18,23,36H,2-4,6,19-22H2,1H3,(H,35,39)/t23-/m1/s1. The number of ether oxygens (including phenoxy) is 1. The van der Waals surface area contributed by atoms with Gasteiger partial charge in [-0.25, -0.2) is 17.2 Å². The molecule has 3 aromatic rings. The van der Waals surface area contributed by atoms with Gasteiger partial charge in [0.2, 0.25) is 5.91 Å². The number of allylic oxidation sites excluding steroid dienone is 1. The van der Waals surface area contributed by atoms with Gasteiger partial charge in [-0.1, -0.05) is 23.8 Å². The third-order valence-corrected chi connectivity index (χ3v) is 8.55. The maximum absolute atomic E-state index is 13.5. The van der Waals surface area contributed by atoms with Crippen molar-refractivity contribution >= 4 is 27.5 Å². The highest BCUT2D eigenvalue weighted by atomic mass is 32.2. The normalized spacial score (nSPS) is 13.9. The molecule has 0 bridgehead atoms. The van der Waals surface area contributed by atoms with Gasteiger partial charge in [-0.3, -0.25) is 14.3 Å². The molecule has 8 nitrogen and oxygen atoms in total. The molecule has 1 aliphatic rings. The summed E-state index contributed by atoms with van der Waals surface area (Å²) in [6.45, 7) is 1.75. The van der Waals surface area contributed by atoms with Gasteiger partial charge < -0.3 is 15.0 Å². The van der Waals surface area contributed by atoms with Gasteiger partial charge in [0.15, 0.2) is 6.61 Å². The zero-order valence-electron chi connectivity index (χ0n) is 23.9. The van der Waals surface area contributed by atoms with Crippen LogP contribution in [-0.4, -0.2) is 44.3 Å². The second kappa shape index (κ2) is 14.8. The van der Waals surface area contributed by atoms with Crippen molar-refractivity contribution in [1.29, 1.82) is 0 Å². The number of anilines is 1. The Labute approximate surface area is 250 Å². The fourth-order valence-electron chi connectivity index (χ4n) is 4.67. The van der Waals surface area contributed by atoms with E-state index in [-0.39, 0.29) is 28.8 Å². The van der Waals surface area contributed by atoms with Crippen LogP contribution in [0.2, 0.25) is 0 Å². The van der Waals surface area contributed by atoms with Gasteiger partial charge in [-0.15, -0.1) is 0 Å². The first-order valence-corrected chi connectivity index (χ1v) is 15.6. The minimum absolute atomic E-state index is 0.0530. The van der Waals surface area contributed by atoms with Gasteiger partial charge in [0.25, 0.3) is 15.9 Å². The van der Waals surface area contributed by atoms with Crippen LogP contribution in [-0.2, 0) is 26.2 Å². The number of nitrogens with one attached hydrogen (secondary N) is 2. The molecule has 43 heavy (non-hydrogen) atoms. The predicted molar refractivity (Wildman–Crippen MR) is 160 cm³/mol. The van der Waals surface area contributed by atoms with E-state index in [1.165, 1.54) is 65.4 Å². The number of hydrogen-bond donors (Lipinski definition) is 2. The van der Waals surface area contributed by atoms with Crippen LogP contribution in [0.3, 0.4) is 0 Å². The summed E-state index contributed by atoms with van der Waals surface area (Å²) in [6.07, 6.45) is 7.43. The number of nitrogens with zero attached hydrogens (tertiary/aromatic N) is 1. The van der Waals surface area contributed by atoms with E-state index in [1.807, 2.05) is 0 Å². The summed E-state index contributed by atoms with van der Waals surface area (Å²) >= 11 is 0. The first-order chi connectivity index (χ1) is 20.6. The van der Waals surface area contributed by atoms with Crippen molar-refractivity contribution in [3.63, 3.8) is 0 Å². The summed E-state index contributed by atoms with van der Waals surface area (Å²) < 4.78 is 60.0. The van der Waals surface area contributed by atoms with E-state index < -0.39 is 40.2 Å². The highest BCUT2D eigenvalue weighted by Gasteiger charge is 2.26. The maximum Gasteiger partial charge on any atom is 0.261 e. The van der Waals surface area contributed by atoms with Gasteiger partial charge in [-0.05, 0) is 105 Å². The summed E-state index contributed by atoms with van der Waals surface area (Å²) in [7, 11) is -3.94. The van der Waals surface area contributed by atoms with Gasteiger partial charge in [0.1, 0.15) is 23.4 Å². The molecule has 1 aliphatic carbocycles. The van der Waals surface area contributed by atoms with Gasteiger partial charge in [0.05, 0.1) is 4.90 Å². The van der Waals surface area contributed by atoms with E-state index in [4.69, 9.17) is 4.74 Å². The van der Waals surface area contributed by atoms with Crippen molar-refractivity contribution in [3.05, 3.63) is 102 Å². The average Bonchev–Trinajstić information content (AvgIpc) is 3.01. The Balaban J connectivity index is 1.38. The summed E-state index contributed by atoms with van der Waals surface area (Å²) in [5.41, 5.74) is 2.18. The lowest BCUT2D eigenvalue weighted by Crippen LogP contribution is -2.49. The zero-order chi connectivity index (χ0) is 30.8. The van der Waals surface area contributed by atoms with Crippen LogP contribution in [0.1, 0.15) is 44.6 Å². The van der Waals surface area contributed by atoms with Gasteiger partial charge in [0, 0.05) is 18.8 Å². The summed E-state index contributed by atoms with van der Waals surface area (Å²) in [5, 5.41) is 2.92. The topological polar surface area (TPSA) is 105 Å². The Kier molecular flexibility index (Phi) is 10.9. The number of rotatable bonds is 13. The van der Waals surface area contributed by atoms with Crippen molar-refractivity contribution in [1.82, 2.24) is 10.2 Å². The second-order valence-corrected chi connectivity index (χ2v) is 12.0. The number of carbonyl (C=O) groups excluding carboxylic acids is 2. The first kappa shape index (κ1) is 31.7. The Morgan fingerprint density at radius 1 is 0.930 bits per heavy atom. The molecule has 3 aromatic carbocycles. The molecular formula is C32H35F2N3O5S. The number of sulfonamides is 1. The van der Waals surface area contributed by atoms with Crippen LogP contribution in [0.4, 0.5) is 14.5 Å². The Bertz CT molecular complexity index is 1530. The van der Waals surface area contributed by atoms with Crippen LogP contribution in [0.15, 0.2) is 89.3 Å². The minimum atomic E-state index is -3.94. The molecule has 0 saturated heterocycles. The van der Waals surface area contributed by atoms with Gasteiger partial charge in [-0.2, -0.15) is 0 Å². The number of halogens is 2. The van der Waals surface area contributed by atoms with E-state index in [1.54, 1.807) is 19.1 Å². The maximum atomic E-state index is 13.5. The molecule has 0 spiro atoms. The molecule has 0 radical (unpaired) electrons. The molecular weight excluding hydrogens is 576 g/mol. The summed E-state index contributed by atoms with van der Waals surface area (Å²) in [6, 6.07) is 15.2.